The lowest BCUT2D eigenvalue weighted by Crippen LogP contribution is -2.21. The number of nitrogens with one attached hydrogen (secondary N) is 1. The number of aromatic nitrogens is 2. The Morgan fingerprint density at radius 2 is 2.12 bits per heavy atom. The first kappa shape index (κ1) is 13.2. The van der Waals surface area contributed by atoms with Gasteiger partial charge in [-0.2, -0.15) is 5.10 Å². The van der Waals surface area contributed by atoms with Gasteiger partial charge in [-0.3, -0.25) is 4.68 Å². The molecule has 0 aliphatic carbocycles. The zero-order valence-corrected chi connectivity index (χ0v) is 11.1. The second kappa shape index (κ2) is 6.01. The minimum Gasteiger partial charge on any atom is -0.316 e. The topological polar surface area (TPSA) is 33.1 Å². The molecule has 0 aromatic carbocycles. The Morgan fingerprint density at radius 3 is 2.62 bits per heavy atom. The van der Waals surface area contributed by atoms with E-state index in [1.165, 1.54) is 11.3 Å². The summed E-state index contributed by atoms with van der Waals surface area (Å²) in [7, 11) is 6.15. The minimum atomic E-state index is 0.521. The number of hydrogen-bond donors (Lipinski definition) is 1. The van der Waals surface area contributed by atoms with E-state index in [0.717, 1.165) is 19.6 Å². The van der Waals surface area contributed by atoms with Crippen LogP contribution in [0.2, 0.25) is 0 Å². The molecule has 0 aliphatic heterocycles. The standard InChI is InChI=1S/C12H24N4/c1-10(2)12-11(8-13-3)9-14-16(12)7-6-15(4)5/h9-10,13H,6-8H2,1-5H3. The van der Waals surface area contributed by atoms with E-state index in [1.807, 2.05) is 13.2 Å². The highest BCUT2D eigenvalue weighted by Crippen LogP contribution is 2.19. The summed E-state index contributed by atoms with van der Waals surface area (Å²) in [4.78, 5) is 2.18. The number of likely N-dealkylation sites (N-methyl/N-ethyl adjacent to an activating group) is 1. The second-order valence-electron chi connectivity index (χ2n) is 4.77. The lowest BCUT2D eigenvalue weighted by Gasteiger charge is -2.15. The van der Waals surface area contributed by atoms with E-state index in [1.54, 1.807) is 0 Å². The van der Waals surface area contributed by atoms with Crippen LogP contribution in [-0.2, 0) is 13.1 Å². The van der Waals surface area contributed by atoms with E-state index < -0.39 is 0 Å². The number of rotatable bonds is 6. The molecule has 1 rings (SSSR count). The largest absolute Gasteiger partial charge is 0.316 e. The lowest BCUT2D eigenvalue weighted by atomic mass is 10.1. The van der Waals surface area contributed by atoms with Gasteiger partial charge in [0.25, 0.3) is 0 Å². The van der Waals surface area contributed by atoms with Gasteiger partial charge < -0.3 is 10.2 Å². The van der Waals surface area contributed by atoms with Gasteiger partial charge in [0.05, 0.1) is 12.7 Å². The monoisotopic (exact) mass is 224 g/mol. The van der Waals surface area contributed by atoms with Crippen molar-refractivity contribution in [2.24, 2.45) is 0 Å². The SMILES string of the molecule is CNCc1cnn(CCN(C)C)c1C(C)C. The van der Waals surface area contributed by atoms with Gasteiger partial charge in [0, 0.05) is 24.3 Å². The maximum atomic E-state index is 4.48. The fourth-order valence-corrected chi connectivity index (χ4v) is 1.90. The third-order valence-electron chi connectivity index (χ3n) is 2.63. The Kier molecular flexibility index (Phi) is 4.96. The molecule has 1 N–H and O–H groups in total. The molecule has 16 heavy (non-hydrogen) atoms. The summed E-state index contributed by atoms with van der Waals surface area (Å²) in [6.45, 7) is 7.34. The van der Waals surface area contributed by atoms with E-state index >= 15 is 0 Å². The number of nitrogens with zero attached hydrogens (tertiary/aromatic N) is 3. The maximum Gasteiger partial charge on any atom is 0.0539 e. The van der Waals surface area contributed by atoms with E-state index in [2.05, 4.69) is 47.9 Å². The van der Waals surface area contributed by atoms with Crippen molar-refractivity contribution in [1.29, 1.82) is 0 Å². The van der Waals surface area contributed by atoms with Crippen molar-refractivity contribution in [3.63, 3.8) is 0 Å². The highest BCUT2D eigenvalue weighted by atomic mass is 15.3. The molecule has 0 bridgehead atoms. The van der Waals surface area contributed by atoms with Gasteiger partial charge in [0.1, 0.15) is 0 Å². The van der Waals surface area contributed by atoms with Crippen LogP contribution in [0.1, 0.15) is 31.0 Å². The van der Waals surface area contributed by atoms with Crippen LogP contribution >= 0.6 is 0 Å². The zero-order chi connectivity index (χ0) is 12.1. The molecule has 4 heteroatoms. The molecule has 1 heterocycles. The number of hydrogen-bond acceptors (Lipinski definition) is 3. The molecule has 1 aromatic rings. The van der Waals surface area contributed by atoms with Crippen LogP contribution in [0.25, 0.3) is 0 Å². The van der Waals surface area contributed by atoms with Crippen molar-refractivity contribution in [3.8, 4) is 0 Å². The molecule has 0 aliphatic rings. The van der Waals surface area contributed by atoms with Gasteiger partial charge in [-0.25, -0.2) is 0 Å². The van der Waals surface area contributed by atoms with Crippen LogP contribution < -0.4 is 5.32 Å². The maximum absolute atomic E-state index is 4.48. The third-order valence-corrected chi connectivity index (χ3v) is 2.63. The minimum absolute atomic E-state index is 0.521. The van der Waals surface area contributed by atoms with Crippen molar-refractivity contribution in [3.05, 3.63) is 17.5 Å². The predicted octanol–water partition coefficient (Wildman–Crippen LogP) is 1.29. The highest BCUT2D eigenvalue weighted by molar-refractivity contribution is 5.20. The van der Waals surface area contributed by atoms with Gasteiger partial charge in [-0.1, -0.05) is 13.8 Å². The van der Waals surface area contributed by atoms with Crippen molar-refractivity contribution >= 4 is 0 Å². The molecule has 4 nitrogen and oxygen atoms in total. The molecular weight excluding hydrogens is 200 g/mol. The molecule has 0 radical (unpaired) electrons. The summed E-state index contributed by atoms with van der Waals surface area (Å²) >= 11 is 0. The van der Waals surface area contributed by atoms with Gasteiger partial charge >= 0.3 is 0 Å². The van der Waals surface area contributed by atoms with Crippen molar-refractivity contribution < 1.29 is 0 Å². The summed E-state index contributed by atoms with van der Waals surface area (Å²) in [6.07, 6.45) is 1.99. The molecule has 0 atom stereocenters. The molecule has 92 valence electrons. The Bertz CT molecular complexity index is 315. The van der Waals surface area contributed by atoms with Gasteiger partial charge in [-0.05, 0) is 27.1 Å². The van der Waals surface area contributed by atoms with E-state index in [0.29, 0.717) is 5.92 Å². The molecule has 0 amide bonds. The first-order valence-electron chi connectivity index (χ1n) is 5.90. The third kappa shape index (κ3) is 3.32. The molecule has 0 fully saturated rings. The summed E-state index contributed by atoms with van der Waals surface area (Å²) in [5, 5.41) is 7.67. The van der Waals surface area contributed by atoms with Crippen LogP contribution in [0, 0.1) is 0 Å². The van der Waals surface area contributed by atoms with Crippen LogP contribution in [0.5, 0.6) is 0 Å². The fourth-order valence-electron chi connectivity index (χ4n) is 1.90. The smallest absolute Gasteiger partial charge is 0.0539 e. The van der Waals surface area contributed by atoms with Crippen LogP contribution in [0.3, 0.4) is 0 Å². The van der Waals surface area contributed by atoms with Crippen LogP contribution in [0.4, 0.5) is 0 Å². The summed E-state index contributed by atoms with van der Waals surface area (Å²) in [5.74, 6) is 0.521. The molecular formula is C12H24N4. The molecule has 0 spiro atoms. The van der Waals surface area contributed by atoms with Gasteiger partial charge in [0.2, 0.25) is 0 Å². The van der Waals surface area contributed by atoms with Gasteiger partial charge in [0.15, 0.2) is 0 Å². The average molecular weight is 224 g/mol. The first-order valence-corrected chi connectivity index (χ1v) is 5.90. The highest BCUT2D eigenvalue weighted by Gasteiger charge is 2.13. The summed E-state index contributed by atoms with van der Waals surface area (Å²) in [6, 6.07) is 0. The predicted molar refractivity (Wildman–Crippen MR) is 67.6 cm³/mol. The molecule has 0 saturated heterocycles. The van der Waals surface area contributed by atoms with E-state index in [-0.39, 0.29) is 0 Å². The van der Waals surface area contributed by atoms with Crippen LogP contribution in [0.15, 0.2) is 6.20 Å². The summed E-state index contributed by atoms with van der Waals surface area (Å²) < 4.78 is 2.14. The average Bonchev–Trinajstić information content (AvgIpc) is 2.58. The lowest BCUT2D eigenvalue weighted by molar-refractivity contribution is 0.367. The Morgan fingerprint density at radius 1 is 1.44 bits per heavy atom. The van der Waals surface area contributed by atoms with Crippen molar-refractivity contribution in [2.45, 2.75) is 32.9 Å². The Balaban J connectivity index is 2.82. The van der Waals surface area contributed by atoms with E-state index in [4.69, 9.17) is 0 Å². The molecule has 1 aromatic heterocycles. The van der Waals surface area contributed by atoms with Crippen LogP contribution in [-0.4, -0.2) is 42.4 Å². The normalized spacial score (nSPS) is 11.7. The quantitative estimate of drug-likeness (QED) is 0.790. The Labute approximate surface area is 98.6 Å². The zero-order valence-electron chi connectivity index (χ0n) is 11.1. The van der Waals surface area contributed by atoms with Gasteiger partial charge in [-0.15, -0.1) is 0 Å². The molecule has 0 unspecified atom stereocenters. The fraction of sp³-hybridized carbons (Fsp3) is 0.750. The van der Waals surface area contributed by atoms with E-state index in [9.17, 15) is 0 Å². The summed E-state index contributed by atoms with van der Waals surface area (Å²) in [5.41, 5.74) is 2.67. The second-order valence-corrected chi connectivity index (χ2v) is 4.77. The van der Waals surface area contributed by atoms with Crippen molar-refractivity contribution in [1.82, 2.24) is 20.0 Å². The first-order chi connectivity index (χ1) is 7.56. The molecule has 0 saturated carbocycles. The Hall–Kier alpha value is -0.870. The van der Waals surface area contributed by atoms with Crippen molar-refractivity contribution in [2.75, 3.05) is 27.7 Å².